The fourth-order valence-corrected chi connectivity index (χ4v) is 1.05. The van der Waals surface area contributed by atoms with E-state index in [1.807, 2.05) is 0 Å². The van der Waals surface area contributed by atoms with Gasteiger partial charge in [0.15, 0.2) is 5.78 Å². The van der Waals surface area contributed by atoms with Gasteiger partial charge in [-0.25, -0.2) is 0 Å². The molecule has 0 fully saturated rings. The number of Topliss-reactive ketones (excluding diaryl/α,β-unsaturated/α-hetero) is 1. The first-order valence-electron chi connectivity index (χ1n) is 2.20. The van der Waals surface area contributed by atoms with Crippen LogP contribution in [0.4, 0.5) is 0 Å². The molecule has 0 saturated carbocycles. The van der Waals surface area contributed by atoms with E-state index in [0.717, 1.165) is 0 Å². The van der Waals surface area contributed by atoms with Crippen molar-refractivity contribution in [2.45, 2.75) is 11.8 Å². The lowest BCUT2D eigenvalue weighted by Crippen LogP contribution is -1.90. The van der Waals surface area contributed by atoms with Crippen molar-refractivity contribution in [2.75, 3.05) is 0 Å². The maximum Gasteiger partial charge on any atom is 0.166 e. The van der Waals surface area contributed by atoms with Crippen molar-refractivity contribution >= 4 is 44.9 Å². The molecule has 0 spiro atoms. The number of alkyl halides is 2. The molecule has 0 unspecified atom stereocenters. The molecule has 4 heteroatoms. The zero-order valence-electron chi connectivity index (χ0n) is 4.70. The third-order valence-corrected chi connectivity index (χ3v) is 1.68. The molecule has 0 amide bonds. The normalized spacial score (nSPS) is 12.3. The van der Waals surface area contributed by atoms with Gasteiger partial charge in [-0.2, -0.15) is 0 Å². The monoisotopic (exact) mass is 230 g/mol. The van der Waals surface area contributed by atoms with Gasteiger partial charge in [0.05, 0.1) is 4.48 Å². The lowest BCUT2D eigenvalue weighted by atomic mass is 10.4. The van der Waals surface area contributed by atoms with Gasteiger partial charge in [-0.3, -0.25) is 4.79 Å². The summed E-state index contributed by atoms with van der Waals surface area (Å²) in [6.07, 6.45) is 1.42. The van der Waals surface area contributed by atoms with Gasteiger partial charge in [0.1, 0.15) is 4.84 Å². The number of carbonyl (C=O) groups excluding carboxylic acids is 1. The first-order valence-corrected chi connectivity index (χ1v) is 3.87. The van der Waals surface area contributed by atoms with Crippen LogP contribution in [0.15, 0.2) is 10.6 Å². The summed E-state index contributed by atoms with van der Waals surface area (Å²) in [6.45, 7) is 1.43. The molecule has 0 aromatic carbocycles. The lowest BCUT2D eigenvalue weighted by Gasteiger charge is -1.91. The van der Waals surface area contributed by atoms with Crippen molar-refractivity contribution < 1.29 is 4.79 Å². The van der Waals surface area contributed by atoms with Crippen LogP contribution in [0, 0.1) is 0 Å². The number of allylic oxidation sites excluding steroid dienone is 2. The minimum Gasteiger partial charge on any atom is -0.294 e. The van der Waals surface area contributed by atoms with Crippen LogP contribution in [0.2, 0.25) is 0 Å². The molecular formula is C5H5BrCl2O. The molecule has 9 heavy (non-hydrogen) atoms. The smallest absolute Gasteiger partial charge is 0.166 e. The molecule has 0 aromatic rings. The van der Waals surface area contributed by atoms with Crippen molar-refractivity contribution in [3.8, 4) is 0 Å². The van der Waals surface area contributed by atoms with Gasteiger partial charge in [-0.1, -0.05) is 0 Å². The second-order valence-electron chi connectivity index (χ2n) is 1.41. The first-order chi connectivity index (χ1) is 4.04. The quantitative estimate of drug-likeness (QED) is 0.528. The van der Waals surface area contributed by atoms with Crippen LogP contribution in [0.3, 0.4) is 0 Å². The van der Waals surface area contributed by atoms with Crippen molar-refractivity contribution in [3.63, 3.8) is 0 Å². The number of halogens is 3. The highest BCUT2D eigenvalue weighted by Crippen LogP contribution is 2.12. The summed E-state index contributed by atoms with van der Waals surface area (Å²) in [4.78, 5) is 9.82. The fraction of sp³-hybridized carbons (Fsp3) is 0.400. The zero-order chi connectivity index (χ0) is 7.44. The van der Waals surface area contributed by atoms with Crippen LogP contribution in [0.25, 0.3) is 0 Å². The van der Waals surface area contributed by atoms with Crippen molar-refractivity contribution in [1.29, 1.82) is 0 Å². The maximum atomic E-state index is 10.4. The standard InChI is InChI=1S/C5H5BrCl2O/c1-3(9)4(6)2-5(7)8/h2,5H,1H3. The van der Waals surface area contributed by atoms with E-state index in [9.17, 15) is 4.79 Å². The highest BCUT2D eigenvalue weighted by atomic mass is 79.9. The van der Waals surface area contributed by atoms with Gasteiger partial charge in [-0.15, -0.1) is 23.2 Å². The zero-order valence-corrected chi connectivity index (χ0v) is 7.79. The Morgan fingerprint density at radius 1 is 1.67 bits per heavy atom. The molecule has 0 atom stereocenters. The number of carbonyl (C=O) groups is 1. The van der Waals surface area contributed by atoms with E-state index < -0.39 is 4.84 Å². The Morgan fingerprint density at radius 2 is 2.11 bits per heavy atom. The number of hydrogen-bond donors (Lipinski definition) is 0. The summed E-state index contributed by atoms with van der Waals surface area (Å²) in [6, 6.07) is 0. The molecule has 0 aliphatic carbocycles. The summed E-state index contributed by atoms with van der Waals surface area (Å²) in [5, 5.41) is 0. The maximum absolute atomic E-state index is 10.4. The molecule has 0 aliphatic heterocycles. The van der Waals surface area contributed by atoms with Crippen LogP contribution in [-0.2, 0) is 4.79 Å². The van der Waals surface area contributed by atoms with Crippen LogP contribution >= 0.6 is 39.1 Å². The summed E-state index contributed by atoms with van der Waals surface area (Å²) < 4.78 is 0.414. The van der Waals surface area contributed by atoms with Crippen molar-refractivity contribution in [1.82, 2.24) is 0 Å². The molecule has 1 nitrogen and oxygen atoms in total. The van der Waals surface area contributed by atoms with Crippen molar-refractivity contribution in [3.05, 3.63) is 10.6 Å². The minimum absolute atomic E-state index is 0.0821. The summed E-state index contributed by atoms with van der Waals surface area (Å²) in [5.41, 5.74) is 0. The Balaban J connectivity index is 4.00. The van der Waals surface area contributed by atoms with Gasteiger partial charge in [-0.05, 0) is 28.9 Å². The van der Waals surface area contributed by atoms with Gasteiger partial charge >= 0.3 is 0 Å². The predicted molar refractivity (Wildman–Crippen MR) is 43.2 cm³/mol. The average Bonchev–Trinajstić information content (AvgIpc) is 1.63. The Bertz CT molecular complexity index is 142. The molecule has 0 aliphatic rings. The summed E-state index contributed by atoms with van der Waals surface area (Å²) >= 11 is 13.6. The van der Waals surface area contributed by atoms with Crippen molar-refractivity contribution in [2.24, 2.45) is 0 Å². The highest BCUT2D eigenvalue weighted by molar-refractivity contribution is 9.12. The average molecular weight is 232 g/mol. The number of rotatable bonds is 2. The van der Waals surface area contributed by atoms with E-state index >= 15 is 0 Å². The highest BCUT2D eigenvalue weighted by Gasteiger charge is 2.00. The minimum atomic E-state index is -0.622. The molecule has 0 rings (SSSR count). The van der Waals surface area contributed by atoms with Crippen LogP contribution in [0.1, 0.15) is 6.92 Å². The molecule has 0 heterocycles. The van der Waals surface area contributed by atoms with Crippen LogP contribution in [0.5, 0.6) is 0 Å². The Morgan fingerprint density at radius 3 is 2.22 bits per heavy atom. The second kappa shape index (κ2) is 4.31. The summed E-state index contributed by atoms with van der Waals surface area (Å²) in [5.74, 6) is -0.0821. The number of ketones is 1. The van der Waals surface area contributed by atoms with Gasteiger partial charge in [0.25, 0.3) is 0 Å². The Hall–Kier alpha value is 0.470. The fourth-order valence-electron chi connectivity index (χ4n) is 0.228. The van der Waals surface area contributed by atoms with Crippen LogP contribution in [-0.4, -0.2) is 10.6 Å². The molecule has 0 bridgehead atoms. The predicted octanol–water partition coefficient (Wildman–Crippen LogP) is 2.66. The van der Waals surface area contributed by atoms with E-state index in [1.54, 1.807) is 0 Å². The Labute approximate surface area is 72.1 Å². The van der Waals surface area contributed by atoms with Crippen LogP contribution < -0.4 is 0 Å². The van der Waals surface area contributed by atoms with E-state index in [0.29, 0.717) is 4.48 Å². The largest absolute Gasteiger partial charge is 0.294 e. The number of hydrogen-bond acceptors (Lipinski definition) is 1. The molecule has 0 aromatic heterocycles. The molecule has 0 radical (unpaired) electrons. The summed E-state index contributed by atoms with van der Waals surface area (Å²) in [7, 11) is 0. The molecule has 0 N–H and O–H groups in total. The molecule has 0 saturated heterocycles. The van der Waals surface area contributed by atoms with Gasteiger partial charge in [0, 0.05) is 0 Å². The van der Waals surface area contributed by atoms with Gasteiger partial charge < -0.3 is 0 Å². The Kier molecular flexibility index (Phi) is 4.54. The molecular weight excluding hydrogens is 227 g/mol. The van der Waals surface area contributed by atoms with E-state index in [2.05, 4.69) is 15.9 Å². The third-order valence-electron chi connectivity index (χ3n) is 0.609. The lowest BCUT2D eigenvalue weighted by molar-refractivity contribution is -0.112. The molecule has 52 valence electrons. The topological polar surface area (TPSA) is 17.1 Å². The third kappa shape index (κ3) is 4.94. The van der Waals surface area contributed by atoms with E-state index in [-0.39, 0.29) is 5.78 Å². The van der Waals surface area contributed by atoms with E-state index in [1.165, 1.54) is 13.0 Å². The van der Waals surface area contributed by atoms with Gasteiger partial charge in [0.2, 0.25) is 0 Å². The SMILES string of the molecule is CC(=O)C(Br)=CC(Cl)Cl. The van der Waals surface area contributed by atoms with E-state index in [4.69, 9.17) is 23.2 Å². The second-order valence-corrected chi connectivity index (χ2v) is 3.42. The first kappa shape index (κ1) is 9.47.